The number of hydrogen-bond acceptors (Lipinski definition) is 5. The molecule has 4 aliphatic rings. The van der Waals surface area contributed by atoms with Crippen LogP contribution in [0.1, 0.15) is 78.2 Å². The van der Waals surface area contributed by atoms with E-state index in [0.29, 0.717) is 17.8 Å². The van der Waals surface area contributed by atoms with Gasteiger partial charge in [0.05, 0.1) is 34.1 Å². The molecule has 3 saturated carbocycles. The Balaban J connectivity index is 1.39. The van der Waals surface area contributed by atoms with Crippen molar-refractivity contribution >= 4 is 11.0 Å². The van der Waals surface area contributed by atoms with Gasteiger partial charge in [0.25, 0.3) is 0 Å². The molecule has 3 aromatic rings. The third-order valence-electron chi connectivity index (χ3n) is 8.21. The van der Waals surface area contributed by atoms with Gasteiger partial charge in [0.15, 0.2) is 0 Å². The van der Waals surface area contributed by atoms with Gasteiger partial charge in [-0.15, -0.1) is 0 Å². The molecule has 4 heterocycles. The first kappa shape index (κ1) is 21.9. The van der Waals surface area contributed by atoms with E-state index in [1.54, 1.807) is 6.20 Å². The molecule has 3 aromatic heterocycles. The van der Waals surface area contributed by atoms with Crippen molar-refractivity contribution in [2.24, 2.45) is 5.41 Å². The minimum atomic E-state index is -4.16. The van der Waals surface area contributed by atoms with Crippen molar-refractivity contribution < 1.29 is 17.9 Å². The van der Waals surface area contributed by atoms with E-state index in [1.807, 2.05) is 39.0 Å². The van der Waals surface area contributed by atoms with Crippen molar-refractivity contribution in [3.63, 3.8) is 0 Å². The zero-order valence-corrected chi connectivity index (χ0v) is 19.5. The highest BCUT2D eigenvalue weighted by atomic mass is 19.4. The largest absolute Gasteiger partial charge is 0.394 e. The molecule has 0 amide bonds. The molecular weight excluding hydrogens is 441 g/mol. The van der Waals surface area contributed by atoms with E-state index in [-0.39, 0.29) is 31.3 Å². The number of aryl methyl sites for hydroxylation is 3. The first-order valence-electron chi connectivity index (χ1n) is 11.9. The lowest BCUT2D eigenvalue weighted by atomic mass is 9.34. The summed E-state index contributed by atoms with van der Waals surface area (Å²) < 4.78 is 46.8. The minimum Gasteiger partial charge on any atom is -0.373 e. The fraction of sp³-hybridized carbons (Fsp3) is 0.538. The molecule has 8 heteroatoms. The average molecular weight is 469 g/mol. The molecule has 2 bridgehead atoms. The predicted molar refractivity (Wildman–Crippen MR) is 120 cm³/mol. The van der Waals surface area contributed by atoms with Crippen LogP contribution in [0.2, 0.25) is 0 Å². The Bertz CT molecular complexity index is 1290. The molecule has 0 radical (unpaired) electrons. The Labute approximate surface area is 196 Å². The lowest BCUT2D eigenvalue weighted by Crippen LogP contribution is -2.70. The molecule has 34 heavy (non-hydrogen) atoms. The number of aromatic nitrogens is 4. The smallest absolute Gasteiger partial charge is 0.373 e. The fourth-order valence-corrected chi connectivity index (χ4v) is 6.23. The van der Waals surface area contributed by atoms with Gasteiger partial charge in [0, 0.05) is 35.5 Å². The summed E-state index contributed by atoms with van der Waals surface area (Å²) >= 11 is 0. The van der Waals surface area contributed by atoms with Crippen LogP contribution in [0.4, 0.5) is 13.2 Å². The van der Waals surface area contributed by atoms with E-state index in [9.17, 15) is 13.2 Å². The normalized spacial score (nSPS) is 30.6. The number of halogens is 3. The standard InChI is InChI=1S/C26H27F3N4O/c1-14-8-18(4-6-30-14)21-9-17(5-7-34-21)19-10-20-22(32-16(3)15(2)31-20)23(33-19)24-11-25(12-24,13-24)26(27,28)29/h4,6,8,10,17,21H,5,7,9,11-13H2,1-3H3/t17-,21+,24-,25+/m0/s1. The Kier molecular flexibility index (Phi) is 4.63. The van der Waals surface area contributed by atoms with Crippen LogP contribution in [0, 0.1) is 26.2 Å². The topological polar surface area (TPSA) is 60.8 Å². The van der Waals surface area contributed by atoms with E-state index in [4.69, 9.17) is 19.7 Å². The molecule has 3 aliphatic carbocycles. The quantitative estimate of drug-likeness (QED) is 0.474. The number of fused-ring (bicyclic) bond motifs is 1. The Morgan fingerprint density at radius 3 is 2.44 bits per heavy atom. The van der Waals surface area contributed by atoms with Crippen LogP contribution in [0.25, 0.3) is 11.0 Å². The zero-order valence-electron chi connectivity index (χ0n) is 19.5. The summed E-state index contributed by atoms with van der Waals surface area (Å²) in [4.78, 5) is 18.9. The summed E-state index contributed by atoms with van der Waals surface area (Å²) in [5, 5.41) is 0. The molecule has 2 atom stereocenters. The summed E-state index contributed by atoms with van der Waals surface area (Å²) in [6.45, 7) is 6.37. The van der Waals surface area contributed by atoms with E-state index >= 15 is 0 Å². The highest BCUT2D eigenvalue weighted by molar-refractivity contribution is 5.79. The number of rotatable bonds is 3. The molecule has 7 rings (SSSR count). The molecule has 1 aliphatic heterocycles. The first-order valence-corrected chi connectivity index (χ1v) is 11.9. The third-order valence-corrected chi connectivity index (χ3v) is 8.21. The third kappa shape index (κ3) is 3.17. The molecule has 1 saturated heterocycles. The molecule has 0 spiro atoms. The maximum absolute atomic E-state index is 13.6. The maximum atomic E-state index is 13.6. The summed E-state index contributed by atoms with van der Waals surface area (Å²) in [7, 11) is 0. The lowest BCUT2D eigenvalue weighted by molar-refractivity contribution is -0.337. The Hall–Kier alpha value is -2.61. The van der Waals surface area contributed by atoms with Crippen LogP contribution < -0.4 is 0 Å². The summed E-state index contributed by atoms with van der Waals surface area (Å²) in [6, 6.07) is 6.02. The molecule has 178 valence electrons. The minimum absolute atomic E-state index is 0.0596. The molecule has 0 N–H and O–H groups in total. The van der Waals surface area contributed by atoms with Crippen LogP contribution in [0.5, 0.6) is 0 Å². The Morgan fingerprint density at radius 1 is 1.00 bits per heavy atom. The summed E-state index contributed by atoms with van der Waals surface area (Å²) in [5.41, 5.74) is 4.59. The van der Waals surface area contributed by atoms with Gasteiger partial charge in [-0.1, -0.05) is 0 Å². The average Bonchev–Trinajstić information content (AvgIpc) is 2.72. The second-order valence-electron chi connectivity index (χ2n) is 10.6. The van der Waals surface area contributed by atoms with Gasteiger partial charge >= 0.3 is 6.18 Å². The van der Waals surface area contributed by atoms with Gasteiger partial charge in [-0.2, -0.15) is 13.2 Å². The van der Waals surface area contributed by atoms with Gasteiger partial charge in [-0.05, 0) is 76.6 Å². The number of ether oxygens (including phenoxy) is 1. The summed E-state index contributed by atoms with van der Waals surface area (Å²) in [5.74, 6) is 0.141. The second kappa shape index (κ2) is 7.20. The number of nitrogens with zero attached hydrogens (tertiary/aromatic N) is 4. The maximum Gasteiger partial charge on any atom is 0.394 e. The van der Waals surface area contributed by atoms with Gasteiger partial charge in [0.1, 0.15) is 5.52 Å². The molecule has 4 fully saturated rings. The van der Waals surface area contributed by atoms with E-state index in [1.165, 1.54) is 0 Å². The molecule has 0 unspecified atom stereocenters. The van der Waals surface area contributed by atoms with Crippen molar-refractivity contribution in [2.45, 2.75) is 76.5 Å². The number of alkyl halides is 3. The highest BCUT2D eigenvalue weighted by Gasteiger charge is 2.79. The first-order chi connectivity index (χ1) is 16.1. The molecule has 0 aromatic carbocycles. The van der Waals surface area contributed by atoms with Gasteiger partial charge in [0.2, 0.25) is 0 Å². The van der Waals surface area contributed by atoms with Crippen LogP contribution in [0.3, 0.4) is 0 Å². The van der Waals surface area contributed by atoms with Crippen LogP contribution >= 0.6 is 0 Å². The van der Waals surface area contributed by atoms with E-state index < -0.39 is 17.0 Å². The van der Waals surface area contributed by atoms with Gasteiger partial charge in [-0.3, -0.25) is 9.97 Å². The molecule has 5 nitrogen and oxygen atoms in total. The van der Waals surface area contributed by atoms with Crippen molar-refractivity contribution in [3.8, 4) is 0 Å². The lowest BCUT2D eigenvalue weighted by Gasteiger charge is -2.70. The number of hydrogen-bond donors (Lipinski definition) is 0. The molecular formula is C26H27F3N4O. The van der Waals surface area contributed by atoms with E-state index in [0.717, 1.165) is 46.7 Å². The highest BCUT2D eigenvalue weighted by Crippen LogP contribution is 2.78. The number of pyridine rings is 2. The predicted octanol–water partition coefficient (Wildman–Crippen LogP) is 5.96. The van der Waals surface area contributed by atoms with Crippen molar-refractivity contribution in [1.82, 2.24) is 19.9 Å². The van der Waals surface area contributed by atoms with Crippen LogP contribution in [-0.2, 0) is 10.2 Å². The monoisotopic (exact) mass is 468 g/mol. The van der Waals surface area contributed by atoms with E-state index in [2.05, 4.69) is 4.98 Å². The second-order valence-corrected chi connectivity index (χ2v) is 10.6. The van der Waals surface area contributed by atoms with Crippen LogP contribution in [0.15, 0.2) is 24.4 Å². The van der Waals surface area contributed by atoms with Crippen molar-refractivity contribution in [3.05, 3.63) is 58.4 Å². The van der Waals surface area contributed by atoms with Crippen LogP contribution in [-0.4, -0.2) is 32.7 Å². The van der Waals surface area contributed by atoms with Crippen molar-refractivity contribution in [1.29, 1.82) is 0 Å². The fourth-order valence-electron chi connectivity index (χ4n) is 6.23. The zero-order chi connectivity index (χ0) is 23.9. The van der Waals surface area contributed by atoms with Gasteiger partial charge in [-0.25, -0.2) is 9.97 Å². The SMILES string of the molecule is Cc1cc([C@H]2C[C@@H](c3cc4nc(C)c(C)nc4c([C@]45C[C@](C(F)(F)F)(C4)C5)n3)CCO2)ccn1. The Morgan fingerprint density at radius 2 is 1.74 bits per heavy atom. The van der Waals surface area contributed by atoms with Crippen molar-refractivity contribution in [2.75, 3.05) is 6.61 Å². The summed E-state index contributed by atoms with van der Waals surface area (Å²) in [6.07, 6.45) is -0.518. The van der Waals surface area contributed by atoms with Gasteiger partial charge < -0.3 is 4.74 Å².